The number of esters is 1. The molecule has 0 amide bonds. The van der Waals surface area contributed by atoms with Crippen molar-refractivity contribution in [3.8, 4) is 5.75 Å². The van der Waals surface area contributed by atoms with Crippen LogP contribution in [0.4, 0.5) is 0 Å². The van der Waals surface area contributed by atoms with Crippen LogP contribution in [0.3, 0.4) is 0 Å². The molecular formula is C16H24O3. The zero-order chi connectivity index (χ0) is 14.3. The third kappa shape index (κ3) is 4.93. The Morgan fingerprint density at radius 2 is 2.00 bits per heavy atom. The van der Waals surface area contributed by atoms with Crippen LogP contribution in [0.25, 0.3) is 0 Å². The summed E-state index contributed by atoms with van der Waals surface area (Å²) < 4.78 is 10.8. The van der Waals surface area contributed by atoms with E-state index >= 15 is 0 Å². The summed E-state index contributed by atoms with van der Waals surface area (Å²) in [6.07, 6.45) is 1.05. The van der Waals surface area contributed by atoms with Crippen molar-refractivity contribution in [2.24, 2.45) is 0 Å². The van der Waals surface area contributed by atoms with Crippen LogP contribution >= 0.6 is 0 Å². The van der Waals surface area contributed by atoms with Crippen molar-refractivity contribution >= 4 is 5.97 Å². The largest absolute Gasteiger partial charge is 0.479 e. The Hall–Kier alpha value is -1.51. The van der Waals surface area contributed by atoms with Gasteiger partial charge in [-0.05, 0) is 37.0 Å². The molecule has 0 saturated heterocycles. The molecule has 0 bridgehead atoms. The number of carbonyl (C=O) groups is 1. The second-order valence-electron chi connectivity index (χ2n) is 4.87. The van der Waals surface area contributed by atoms with Crippen LogP contribution in [0.5, 0.6) is 5.75 Å². The first-order chi connectivity index (χ1) is 9.08. The summed E-state index contributed by atoms with van der Waals surface area (Å²) in [5, 5.41) is 0. The lowest BCUT2D eigenvalue weighted by Gasteiger charge is -2.18. The number of hydrogen-bond donors (Lipinski definition) is 0. The van der Waals surface area contributed by atoms with E-state index in [1.54, 1.807) is 6.92 Å². The first kappa shape index (κ1) is 15.5. The molecule has 1 rings (SSSR count). The standard InChI is InChI=1S/C16H24O3/c1-5-8-15(16(17)18-6-2)19-14-10-7-9-13(11-14)12(3)4/h7,9-12,15H,5-6,8H2,1-4H3. The minimum Gasteiger partial charge on any atom is -0.479 e. The van der Waals surface area contributed by atoms with Gasteiger partial charge in [-0.25, -0.2) is 4.79 Å². The Kier molecular flexibility index (Phi) is 6.40. The summed E-state index contributed by atoms with van der Waals surface area (Å²) in [6, 6.07) is 7.90. The highest BCUT2D eigenvalue weighted by Gasteiger charge is 2.20. The van der Waals surface area contributed by atoms with Gasteiger partial charge < -0.3 is 9.47 Å². The molecule has 3 heteroatoms. The van der Waals surface area contributed by atoms with Crippen molar-refractivity contribution in [3.63, 3.8) is 0 Å². The summed E-state index contributed by atoms with van der Waals surface area (Å²) >= 11 is 0. The maximum Gasteiger partial charge on any atom is 0.347 e. The maximum atomic E-state index is 11.8. The second kappa shape index (κ2) is 7.82. The Morgan fingerprint density at radius 3 is 2.58 bits per heavy atom. The van der Waals surface area contributed by atoms with E-state index in [1.807, 2.05) is 25.1 Å². The molecule has 0 spiro atoms. The Balaban J connectivity index is 2.78. The van der Waals surface area contributed by atoms with Gasteiger partial charge in [-0.15, -0.1) is 0 Å². The van der Waals surface area contributed by atoms with Gasteiger partial charge in [0.15, 0.2) is 6.10 Å². The van der Waals surface area contributed by atoms with E-state index in [9.17, 15) is 4.79 Å². The molecule has 1 atom stereocenters. The van der Waals surface area contributed by atoms with E-state index in [4.69, 9.17) is 9.47 Å². The molecule has 0 saturated carbocycles. The lowest BCUT2D eigenvalue weighted by molar-refractivity contribution is -0.151. The van der Waals surface area contributed by atoms with Gasteiger partial charge in [-0.3, -0.25) is 0 Å². The van der Waals surface area contributed by atoms with Gasteiger partial charge in [-0.2, -0.15) is 0 Å². The SMILES string of the molecule is CCCC(Oc1cccc(C(C)C)c1)C(=O)OCC. The van der Waals surface area contributed by atoms with Crippen LogP contribution in [0.1, 0.15) is 52.0 Å². The molecule has 1 aromatic carbocycles. The second-order valence-corrected chi connectivity index (χ2v) is 4.87. The third-order valence-electron chi connectivity index (χ3n) is 2.90. The minimum absolute atomic E-state index is 0.278. The molecule has 0 aliphatic rings. The zero-order valence-corrected chi connectivity index (χ0v) is 12.3. The highest BCUT2D eigenvalue weighted by atomic mass is 16.6. The van der Waals surface area contributed by atoms with E-state index in [-0.39, 0.29) is 5.97 Å². The van der Waals surface area contributed by atoms with Crippen molar-refractivity contribution in [2.75, 3.05) is 6.61 Å². The first-order valence-electron chi connectivity index (χ1n) is 7.01. The summed E-state index contributed by atoms with van der Waals surface area (Å²) in [7, 11) is 0. The molecule has 0 heterocycles. The summed E-state index contributed by atoms with van der Waals surface area (Å²) in [6.45, 7) is 8.48. The number of rotatable bonds is 7. The number of carbonyl (C=O) groups excluding carboxylic acids is 1. The zero-order valence-electron chi connectivity index (χ0n) is 12.3. The monoisotopic (exact) mass is 264 g/mol. The molecule has 106 valence electrons. The Bertz CT molecular complexity index is 399. The van der Waals surface area contributed by atoms with Gasteiger partial charge in [-0.1, -0.05) is 39.3 Å². The molecule has 0 aromatic heterocycles. The molecule has 3 nitrogen and oxygen atoms in total. The van der Waals surface area contributed by atoms with Gasteiger partial charge >= 0.3 is 5.97 Å². The van der Waals surface area contributed by atoms with E-state index in [0.717, 1.165) is 12.2 Å². The van der Waals surface area contributed by atoms with Crippen molar-refractivity contribution in [1.82, 2.24) is 0 Å². The first-order valence-corrected chi connectivity index (χ1v) is 7.01. The number of ether oxygens (including phenoxy) is 2. The van der Waals surface area contributed by atoms with Crippen LogP contribution in [-0.4, -0.2) is 18.7 Å². The molecule has 0 fully saturated rings. The molecule has 0 aliphatic carbocycles. The van der Waals surface area contributed by atoms with Crippen molar-refractivity contribution in [1.29, 1.82) is 0 Å². The van der Waals surface area contributed by atoms with Gasteiger partial charge in [0, 0.05) is 0 Å². The van der Waals surface area contributed by atoms with Gasteiger partial charge in [0.1, 0.15) is 5.75 Å². The van der Waals surface area contributed by atoms with Crippen molar-refractivity contribution in [2.45, 2.75) is 52.6 Å². The van der Waals surface area contributed by atoms with Crippen LogP contribution in [-0.2, 0) is 9.53 Å². The smallest absolute Gasteiger partial charge is 0.347 e. The lowest BCUT2D eigenvalue weighted by Crippen LogP contribution is -2.29. The van der Waals surface area contributed by atoms with Gasteiger partial charge in [0.2, 0.25) is 0 Å². The van der Waals surface area contributed by atoms with Crippen LogP contribution in [0.15, 0.2) is 24.3 Å². The highest BCUT2D eigenvalue weighted by molar-refractivity contribution is 5.75. The van der Waals surface area contributed by atoms with E-state index in [1.165, 1.54) is 5.56 Å². The average Bonchev–Trinajstić information content (AvgIpc) is 2.39. The topological polar surface area (TPSA) is 35.5 Å². The van der Waals surface area contributed by atoms with Crippen LogP contribution < -0.4 is 4.74 Å². The van der Waals surface area contributed by atoms with Crippen LogP contribution in [0.2, 0.25) is 0 Å². The molecule has 1 aromatic rings. The number of hydrogen-bond acceptors (Lipinski definition) is 3. The molecule has 19 heavy (non-hydrogen) atoms. The quantitative estimate of drug-likeness (QED) is 0.700. The summed E-state index contributed by atoms with van der Waals surface area (Å²) in [4.78, 5) is 11.8. The highest BCUT2D eigenvalue weighted by Crippen LogP contribution is 2.22. The minimum atomic E-state index is -0.507. The predicted molar refractivity (Wildman–Crippen MR) is 76.5 cm³/mol. The van der Waals surface area contributed by atoms with Crippen LogP contribution in [0, 0.1) is 0 Å². The normalized spacial score (nSPS) is 12.3. The van der Waals surface area contributed by atoms with Crippen molar-refractivity contribution < 1.29 is 14.3 Å². The van der Waals surface area contributed by atoms with Gasteiger partial charge in [0.25, 0.3) is 0 Å². The summed E-state index contributed by atoms with van der Waals surface area (Å²) in [5.74, 6) is 0.896. The third-order valence-corrected chi connectivity index (χ3v) is 2.90. The maximum absolute atomic E-state index is 11.8. The molecule has 0 N–H and O–H groups in total. The Morgan fingerprint density at radius 1 is 1.26 bits per heavy atom. The fourth-order valence-electron chi connectivity index (χ4n) is 1.83. The average molecular weight is 264 g/mol. The van der Waals surface area contributed by atoms with E-state index in [2.05, 4.69) is 19.9 Å². The van der Waals surface area contributed by atoms with E-state index < -0.39 is 6.10 Å². The summed E-state index contributed by atoms with van der Waals surface area (Å²) in [5.41, 5.74) is 1.21. The molecule has 0 aliphatic heterocycles. The predicted octanol–water partition coefficient (Wildman–Crippen LogP) is 3.92. The number of benzene rings is 1. The molecule has 1 unspecified atom stereocenters. The van der Waals surface area contributed by atoms with Gasteiger partial charge in [0.05, 0.1) is 6.61 Å². The lowest BCUT2D eigenvalue weighted by atomic mass is 10.0. The fraction of sp³-hybridized carbons (Fsp3) is 0.562. The molecular weight excluding hydrogens is 240 g/mol. The van der Waals surface area contributed by atoms with E-state index in [0.29, 0.717) is 18.9 Å². The fourth-order valence-corrected chi connectivity index (χ4v) is 1.83. The molecule has 0 radical (unpaired) electrons. The van der Waals surface area contributed by atoms with Crippen molar-refractivity contribution in [3.05, 3.63) is 29.8 Å². The Labute approximate surface area is 115 Å².